The Balaban J connectivity index is 2.76. The second-order valence-electron chi connectivity index (χ2n) is 8.12. The summed E-state index contributed by atoms with van der Waals surface area (Å²) < 4.78 is 0. The van der Waals surface area contributed by atoms with Crippen molar-refractivity contribution in [1.29, 1.82) is 0 Å². The molecule has 0 radical (unpaired) electrons. The first-order chi connectivity index (χ1) is 12.6. The van der Waals surface area contributed by atoms with Gasteiger partial charge >= 0.3 is 0 Å². The van der Waals surface area contributed by atoms with Crippen LogP contribution in [0.1, 0.15) is 52.7 Å². The highest BCUT2D eigenvalue weighted by Crippen LogP contribution is 2.13. The molecule has 0 spiro atoms. The van der Waals surface area contributed by atoms with Crippen LogP contribution >= 0.6 is 0 Å². The van der Waals surface area contributed by atoms with Gasteiger partial charge in [-0.2, -0.15) is 0 Å². The Bertz CT molecular complexity index is 619. The highest BCUT2D eigenvalue weighted by atomic mass is 16.2. The maximum atomic E-state index is 12.0. The molecule has 27 heavy (non-hydrogen) atoms. The number of rotatable bonds is 8. The predicted molar refractivity (Wildman–Crippen MR) is 114 cm³/mol. The summed E-state index contributed by atoms with van der Waals surface area (Å²) in [4.78, 5) is 19.0. The van der Waals surface area contributed by atoms with E-state index in [0.29, 0.717) is 18.5 Å². The van der Waals surface area contributed by atoms with E-state index in [1.807, 2.05) is 33.8 Å². The lowest BCUT2D eigenvalue weighted by molar-refractivity contribution is -0.121. The van der Waals surface area contributed by atoms with Crippen LogP contribution < -0.4 is 16.0 Å². The third kappa shape index (κ3) is 9.43. The van der Waals surface area contributed by atoms with Gasteiger partial charge in [0.05, 0.1) is 13.1 Å². The maximum absolute atomic E-state index is 12.0. The molecule has 6 heteroatoms. The molecule has 1 aromatic carbocycles. The van der Waals surface area contributed by atoms with Gasteiger partial charge in [0.2, 0.25) is 5.91 Å². The normalized spacial score (nSPS) is 12.4. The van der Waals surface area contributed by atoms with Crippen molar-refractivity contribution in [3.8, 4) is 0 Å². The smallest absolute Gasteiger partial charge is 0.239 e. The molecule has 6 nitrogen and oxygen atoms in total. The number of nitrogens with one attached hydrogen (secondary N) is 3. The van der Waals surface area contributed by atoms with E-state index in [9.17, 15) is 4.79 Å². The summed E-state index contributed by atoms with van der Waals surface area (Å²) in [5, 5.41) is 9.25. The number of guanidine groups is 1. The molecule has 0 bridgehead atoms. The second-order valence-corrected chi connectivity index (χ2v) is 8.12. The fraction of sp³-hybridized carbons (Fsp3) is 0.619. The summed E-state index contributed by atoms with van der Waals surface area (Å²) in [6.45, 7) is 14.7. The number of aliphatic imine (C=N–C) groups is 1. The molecule has 0 saturated carbocycles. The first-order valence-corrected chi connectivity index (χ1v) is 9.72. The summed E-state index contributed by atoms with van der Waals surface area (Å²) >= 11 is 0. The molecule has 0 unspecified atom stereocenters. The van der Waals surface area contributed by atoms with Gasteiger partial charge in [-0.1, -0.05) is 24.3 Å². The van der Waals surface area contributed by atoms with Crippen LogP contribution in [0.4, 0.5) is 0 Å². The van der Waals surface area contributed by atoms with Gasteiger partial charge < -0.3 is 16.0 Å². The molecule has 0 saturated heterocycles. The van der Waals surface area contributed by atoms with Crippen LogP contribution in [0.15, 0.2) is 29.3 Å². The third-order valence-corrected chi connectivity index (χ3v) is 4.10. The third-order valence-electron chi connectivity index (χ3n) is 4.10. The van der Waals surface area contributed by atoms with Gasteiger partial charge in [0.1, 0.15) is 0 Å². The van der Waals surface area contributed by atoms with Crippen LogP contribution in [0.2, 0.25) is 0 Å². The highest BCUT2D eigenvalue weighted by molar-refractivity contribution is 5.86. The van der Waals surface area contributed by atoms with Crippen molar-refractivity contribution in [3.63, 3.8) is 0 Å². The van der Waals surface area contributed by atoms with Gasteiger partial charge in [-0.05, 0) is 59.7 Å². The minimum Gasteiger partial charge on any atom is -0.357 e. The largest absolute Gasteiger partial charge is 0.357 e. The van der Waals surface area contributed by atoms with Gasteiger partial charge in [0.25, 0.3) is 0 Å². The zero-order valence-electron chi connectivity index (χ0n) is 18.0. The zero-order valence-corrected chi connectivity index (χ0v) is 18.0. The van der Waals surface area contributed by atoms with Crippen molar-refractivity contribution >= 4 is 11.9 Å². The Morgan fingerprint density at radius 1 is 1.15 bits per heavy atom. The van der Waals surface area contributed by atoms with Crippen LogP contribution in [-0.2, 0) is 17.9 Å². The monoisotopic (exact) mass is 375 g/mol. The van der Waals surface area contributed by atoms with Crippen LogP contribution in [0.5, 0.6) is 0 Å². The lowest BCUT2D eigenvalue weighted by Gasteiger charge is -2.22. The van der Waals surface area contributed by atoms with Gasteiger partial charge in [-0.15, -0.1) is 0 Å². The van der Waals surface area contributed by atoms with E-state index >= 15 is 0 Å². The summed E-state index contributed by atoms with van der Waals surface area (Å²) in [5.74, 6) is 0.598. The zero-order chi connectivity index (χ0) is 20.4. The van der Waals surface area contributed by atoms with Gasteiger partial charge in [0.15, 0.2) is 5.96 Å². The Kier molecular flexibility index (Phi) is 9.29. The van der Waals surface area contributed by atoms with Crippen molar-refractivity contribution in [2.45, 2.75) is 66.2 Å². The molecular weight excluding hydrogens is 338 g/mol. The van der Waals surface area contributed by atoms with E-state index < -0.39 is 0 Å². The minimum atomic E-state index is -0.240. The average molecular weight is 376 g/mol. The molecule has 152 valence electrons. The van der Waals surface area contributed by atoms with Crippen LogP contribution in [0.3, 0.4) is 0 Å². The lowest BCUT2D eigenvalue weighted by Crippen LogP contribution is -2.48. The topological polar surface area (TPSA) is 68.8 Å². The van der Waals surface area contributed by atoms with Gasteiger partial charge in [-0.25, -0.2) is 4.99 Å². The maximum Gasteiger partial charge on any atom is 0.239 e. The fourth-order valence-corrected chi connectivity index (χ4v) is 2.45. The standard InChI is InChI=1S/C21H37N5O/c1-8-22-20(24-14-19(27)25-21(4,5)6)23-13-17-11-9-10-12-18(17)15-26(7)16(2)3/h9-12,16H,8,13-15H2,1-7H3,(H,25,27)(H2,22,23,24). The summed E-state index contributed by atoms with van der Waals surface area (Å²) in [6, 6.07) is 8.86. The number of amides is 1. The Morgan fingerprint density at radius 3 is 2.33 bits per heavy atom. The Labute approximate surface area is 164 Å². The van der Waals surface area contributed by atoms with Crippen molar-refractivity contribution in [2.24, 2.45) is 4.99 Å². The number of hydrogen-bond donors (Lipinski definition) is 3. The summed E-state index contributed by atoms with van der Waals surface area (Å²) in [7, 11) is 2.13. The van der Waals surface area contributed by atoms with Crippen molar-refractivity contribution < 1.29 is 4.79 Å². The molecule has 3 N–H and O–H groups in total. The molecule has 0 aliphatic heterocycles. The van der Waals surface area contributed by atoms with Crippen molar-refractivity contribution in [1.82, 2.24) is 20.9 Å². The average Bonchev–Trinajstić information content (AvgIpc) is 2.56. The molecular formula is C21H37N5O. The fourth-order valence-electron chi connectivity index (χ4n) is 2.45. The molecule has 0 heterocycles. The van der Waals surface area contributed by atoms with Crippen molar-refractivity contribution in [3.05, 3.63) is 35.4 Å². The van der Waals surface area contributed by atoms with Crippen LogP contribution in [0.25, 0.3) is 0 Å². The predicted octanol–water partition coefficient (Wildman–Crippen LogP) is 2.50. The van der Waals surface area contributed by atoms with Crippen LogP contribution in [-0.4, -0.2) is 48.5 Å². The quantitative estimate of drug-likeness (QED) is 0.482. The molecule has 0 aliphatic carbocycles. The Morgan fingerprint density at radius 2 is 1.78 bits per heavy atom. The van der Waals surface area contributed by atoms with Crippen LogP contribution in [0, 0.1) is 0 Å². The molecule has 0 fully saturated rings. The summed E-state index contributed by atoms with van der Waals surface area (Å²) in [5.41, 5.74) is 2.23. The Hall–Kier alpha value is -2.08. The van der Waals surface area contributed by atoms with Gasteiger partial charge in [-0.3, -0.25) is 9.69 Å². The molecule has 1 aromatic rings. The first-order valence-electron chi connectivity index (χ1n) is 9.72. The molecule has 0 aromatic heterocycles. The number of carbonyl (C=O) groups is 1. The van der Waals surface area contributed by atoms with E-state index in [0.717, 1.165) is 13.1 Å². The van der Waals surface area contributed by atoms with Gasteiger partial charge in [0, 0.05) is 24.7 Å². The number of nitrogens with zero attached hydrogens (tertiary/aromatic N) is 2. The number of benzene rings is 1. The molecule has 1 amide bonds. The van der Waals surface area contributed by atoms with E-state index in [2.05, 4.69) is 64.9 Å². The SMILES string of the molecule is CCNC(=NCc1ccccc1CN(C)C(C)C)NCC(=O)NC(C)(C)C. The number of carbonyl (C=O) groups excluding carboxylic acids is 1. The minimum absolute atomic E-state index is 0.0490. The summed E-state index contributed by atoms with van der Waals surface area (Å²) in [6.07, 6.45) is 0. The molecule has 0 aliphatic rings. The first kappa shape index (κ1) is 23.0. The van der Waals surface area contributed by atoms with E-state index in [-0.39, 0.29) is 18.0 Å². The van der Waals surface area contributed by atoms with E-state index in [1.54, 1.807) is 0 Å². The van der Waals surface area contributed by atoms with E-state index in [4.69, 9.17) is 0 Å². The molecule has 1 rings (SSSR count). The lowest BCUT2D eigenvalue weighted by atomic mass is 10.1. The second kappa shape index (κ2) is 10.9. The van der Waals surface area contributed by atoms with E-state index in [1.165, 1.54) is 11.1 Å². The van der Waals surface area contributed by atoms with Crippen molar-refractivity contribution in [2.75, 3.05) is 20.1 Å². The molecule has 0 atom stereocenters. The number of hydrogen-bond acceptors (Lipinski definition) is 3. The highest BCUT2D eigenvalue weighted by Gasteiger charge is 2.14.